The van der Waals surface area contributed by atoms with Gasteiger partial charge in [-0.3, -0.25) is 0 Å². The molecule has 0 aromatic heterocycles. The topological polar surface area (TPSA) is 35.5 Å². The largest absolute Gasteiger partial charge is 0.463 e. The molecule has 0 N–H and O–H groups in total. The normalized spacial score (nSPS) is 13.2. The number of esters is 1. The van der Waals surface area contributed by atoms with E-state index in [1.54, 1.807) is 20.1 Å². The highest BCUT2D eigenvalue weighted by Crippen LogP contribution is 1.97. The minimum Gasteiger partial charge on any atom is -0.463 e. The zero-order chi connectivity index (χ0) is 9.40. The summed E-state index contributed by atoms with van der Waals surface area (Å²) in [5.74, 6) is -0.312. The zero-order valence-electron chi connectivity index (χ0n) is 7.87. The van der Waals surface area contributed by atoms with Crippen LogP contribution in [0.3, 0.4) is 0 Å². The highest BCUT2D eigenvalue weighted by atomic mass is 16.5. The minimum absolute atomic E-state index is 0.00871. The van der Waals surface area contributed by atoms with Gasteiger partial charge in [0, 0.05) is 13.2 Å². The third-order valence-corrected chi connectivity index (χ3v) is 1.44. The fourth-order valence-corrected chi connectivity index (χ4v) is 0.758. The molecule has 0 unspecified atom stereocenters. The van der Waals surface area contributed by atoms with Crippen LogP contribution in [0, 0.1) is 0 Å². The Balaban J connectivity index is 3.78. The van der Waals surface area contributed by atoms with Gasteiger partial charge >= 0.3 is 5.97 Å². The van der Waals surface area contributed by atoms with Crippen molar-refractivity contribution >= 4 is 5.97 Å². The summed E-state index contributed by atoms with van der Waals surface area (Å²) in [6.45, 7) is 4.18. The molecule has 0 rings (SSSR count). The Labute approximate surface area is 73.4 Å². The van der Waals surface area contributed by atoms with E-state index in [0.29, 0.717) is 6.61 Å². The van der Waals surface area contributed by atoms with E-state index in [-0.39, 0.29) is 12.1 Å². The summed E-state index contributed by atoms with van der Waals surface area (Å²) in [7, 11) is 1.61. The molecule has 0 aromatic rings. The quantitative estimate of drug-likeness (QED) is 0.466. The van der Waals surface area contributed by atoms with Crippen LogP contribution in [0.25, 0.3) is 0 Å². The number of ether oxygens (including phenoxy) is 2. The smallest absolute Gasteiger partial charge is 0.330 e. The summed E-state index contributed by atoms with van der Waals surface area (Å²) in [5, 5.41) is 0. The van der Waals surface area contributed by atoms with Crippen LogP contribution in [-0.2, 0) is 14.3 Å². The maximum atomic E-state index is 10.8. The summed E-state index contributed by atoms with van der Waals surface area (Å²) in [6.07, 6.45) is 3.97. The summed E-state index contributed by atoms with van der Waals surface area (Å²) in [5.41, 5.74) is 0. The van der Waals surface area contributed by atoms with E-state index >= 15 is 0 Å². The molecule has 12 heavy (non-hydrogen) atoms. The molecule has 0 bridgehead atoms. The molecular formula is C9H16O3. The lowest BCUT2D eigenvalue weighted by Gasteiger charge is -2.05. The van der Waals surface area contributed by atoms with Crippen LogP contribution >= 0.6 is 0 Å². The average molecular weight is 172 g/mol. The van der Waals surface area contributed by atoms with E-state index < -0.39 is 0 Å². The second-order valence-corrected chi connectivity index (χ2v) is 2.29. The van der Waals surface area contributed by atoms with E-state index in [1.165, 1.54) is 6.08 Å². The Morgan fingerprint density at radius 3 is 2.58 bits per heavy atom. The van der Waals surface area contributed by atoms with Crippen LogP contribution in [0.2, 0.25) is 0 Å². The molecule has 0 amide bonds. The van der Waals surface area contributed by atoms with E-state index in [0.717, 1.165) is 6.42 Å². The molecule has 0 aliphatic rings. The van der Waals surface area contributed by atoms with Gasteiger partial charge in [-0.1, -0.05) is 6.92 Å². The van der Waals surface area contributed by atoms with Gasteiger partial charge < -0.3 is 9.47 Å². The van der Waals surface area contributed by atoms with Crippen molar-refractivity contribution in [3.8, 4) is 0 Å². The average Bonchev–Trinajstić information content (AvgIpc) is 2.07. The lowest BCUT2D eigenvalue weighted by molar-refractivity contribution is -0.137. The Morgan fingerprint density at radius 2 is 2.17 bits per heavy atom. The predicted molar refractivity (Wildman–Crippen MR) is 46.9 cm³/mol. The second kappa shape index (κ2) is 6.85. The maximum absolute atomic E-state index is 10.8. The number of hydrogen-bond acceptors (Lipinski definition) is 3. The Hall–Kier alpha value is -0.830. The van der Waals surface area contributed by atoms with Gasteiger partial charge in [0.25, 0.3) is 0 Å². The van der Waals surface area contributed by atoms with Crippen molar-refractivity contribution in [3.05, 3.63) is 12.2 Å². The number of carbonyl (C=O) groups is 1. The molecule has 0 saturated carbocycles. The number of methoxy groups -OCH3 is 1. The SMILES string of the molecule is CCOC(=O)/C=C/[C@@H](CC)OC. The first-order valence-corrected chi connectivity index (χ1v) is 4.12. The van der Waals surface area contributed by atoms with E-state index in [9.17, 15) is 4.79 Å². The molecule has 3 heteroatoms. The van der Waals surface area contributed by atoms with Crippen molar-refractivity contribution in [1.29, 1.82) is 0 Å². The molecule has 70 valence electrons. The number of carbonyl (C=O) groups excluding carboxylic acids is 1. The van der Waals surface area contributed by atoms with Crippen LogP contribution in [0.4, 0.5) is 0 Å². The first kappa shape index (κ1) is 11.2. The maximum Gasteiger partial charge on any atom is 0.330 e. The standard InChI is InChI=1S/C9H16O3/c1-4-8(11-3)6-7-9(10)12-5-2/h6-8H,4-5H2,1-3H3/b7-6+/t8-/m1/s1. The van der Waals surface area contributed by atoms with E-state index in [4.69, 9.17) is 9.47 Å². The third-order valence-electron chi connectivity index (χ3n) is 1.44. The van der Waals surface area contributed by atoms with Crippen LogP contribution in [0.1, 0.15) is 20.3 Å². The van der Waals surface area contributed by atoms with Crippen molar-refractivity contribution in [2.24, 2.45) is 0 Å². The molecule has 0 aromatic carbocycles. The summed E-state index contributed by atoms with van der Waals surface area (Å²) < 4.78 is 9.73. The summed E-state index contributed by atoms with van der Waals surface area (Å²) >= 11 is 0. The zero-order valence-corrected chi connectivity index (χ0v) is 7.87. The van der Waals surface area contributed by atoms with Gasteiger partial charge in [0.15, 0.2) is 0 Å². The number of rotatable bonds is 5. The molecule has 0 fully saturated rings. The van der Waals surface area contributed by atoms with Gasteiger partial charge in [-0.15, -0.1) is 0 Å². The molecule has 0 aliphatic carbocycles. The van der Waals surface area contributed by atoms with Gasteiger partial charge in [-0.25, -0.2) is 4.79 Å². The highest BCUT2D eigenvalue weighted by molar-refractivity contribution is 5.81. The Bertz CT molecular complexity index is 148. The molecule has 0 saturated heterocycles. The van der Waals surface area contributed by atoms with Gasteiger partial charge in [0.1, 0.15) is 0 Å². The van der Waals surface area contributed by atoms with Crippen molar-refractivity contribution in [2.75, 3.05) is 13.7 Å². The predicted octanol–water partition coefficient (Wildman–Crippen LogP) is 1.53. The summed E-state index contributed by atoms with van der Waals surface area (Å²) in [4.78, 5) is 10.8. The van der Waals surface area contributed by atoms with Crippen LogP contribution in [0.15, 0.2) is 12.2 Å². The molecule has 0 spiro atoms. The monoisotopic (exact) mass is 172 g/mol. The molecule has 1 atom stereocenters. The highest BCUT2D eigenvalue weighted by Gasteiger charge is 1.99. The minimum atomic E-state index is -0.312. The Kier molecular flexibility index (Phi) is 6.38. The summed E-state index contributed by atoms with van der Waals surface area (Å²) in [6, 6.07) is 0. The van der Waals surface area contributed by atoms with E-state index in [1.807, 2.05) is 6.92 Å². The first-order chi connectivity index (χ1) is 5.74. The van der Waals surface area contributed by atoms with Gasteiger partial charge in [0.05, 0.1) is 12.7 Å². The third kappa shape index (κ3) is 4.91. The number of hydrogen-bond donors (Lipinski definition) is 0. The Morgan fingerprint density at radius 1 is 1.50 bits per heavy atom. The van der Waals surface area contributed by atoms with Crippen molar-refractivity contribution < 1.29 is 14.3 Å². The molecular weight excluding hydrogens is 156 g/mol. The molecule has 0 radical (unpaired) electrons. The van der Waals surface area contributed by atoms with Crippen molar-refractivity contribution in [1.82, 2.24) is 0 Å². The molecule has 3 nitrogen and oxygen atoms in total. The van der Waals surface area contributed by atoms with Gasteiger partial charge in [-0.05, 0) is 19.4 Å². The van der Waals surface area contributed by atoms with E-state index in [2.05, 4.69) is 0 Å². The second-order valence-electron chi connectivity index (χ2n) is 2.29. The molecule has 0 heterocycles. The van der Waals surface area contributed by atoms with Crippen LogP contribution in [0.5, 0.6) is 0 Å². The van der Waals surface area contributed by atoms with Crippen molar-refractivity contribution in [2.45, 2.75) is 26.4 Å². The van der Waals surface area contributed by atoms with Gasteiger partial charge in [-0.2, -0.15) is 0 Å². The van der Waals surface area contributed by atoms with Crippen LogP contribution < -0.4 is 0 Å². The van der Waals surface area contributed by atoms with Gasteiger partial charge in [0.2, 0.25) is 0 Å². The van der Waals surface area contributed by atoms with Crippen LogP contribution in [-0.4, -0.2) is 25.8 Å². The fraction of sp³-hybridized carbons (Fsp3) is 0.667. The van der Waals surface area contributed by atoms with Crippen molar-refractivity contribution in [3.63, 3.8) is 0 Å². The molecule has 0 aliphatic heterocycles. The fourth-order valence-electron chi connectivity index (χ4n) is 0.758. The lowest BCUT2D eigenvalue weighted by Crippen LogP contribution is -2.06. The lowest BCUT2D eigenvalue weighted by atomic mass is 10.2. The first-order valence-electron chi connectivity index (χ1n) is 4.12.